The standard InChI is InChI=1S/C60H54N4O.Pt/c1-40(2)33-41-31-32-61-57(34-41)64-53-26-10-9-23-51(53)52-30-29-48(38-56(52)64)65-47-22-15-21-46(37-47)62-39-63(55-28-12-11-27-54(55)62)58-49(42-17-13-19-44(35-42)59(3,4)5)24-16-25-50(58)43-18-14-20-45(36-43)60(6,7)8;/h9-32,34-36,40H,33H2,1-8H3;/q-2;/i33D2;. The van der Waals surface area contributed by atoms with Gasteiger partial charge < -0.3 is 13.9 Å². The summed E-state index contributed by atoms with van der Waals surface area (Å²) in [6, 6.07) is 61.8. The number of ether oxygens (including phenoxy) is 1. The minimum Gasteiger partial charge on any atom is -0.510 e. The average molecular weight is 1040 g/mol. The molecular formula is C60H54N4OPt-2. The molecule has 5 nitrogen and oxygen atoms in total. The number of benzene rings is 7. The van der Waals surface area contributed by atoms with Crippen molar-refractivity contribution in [2.24, 2.45) is 5.92 Å². The van der Waals surface area contributed by atoms with Crippen molar-refractivity contribution in [3.63, 3.8) is 0 Å². The number of pyridine rings is 1. The molecule has 3 aromatic heterocycles. The van der Waals surface area contributed by atoms with Crippen LogP contribution in [0.4, 0.5) is 0 Å². The molecule has 0 bridgehead atoms. The van der Waals surface area contributed by atoms with Crippen LogP contribution in [0, 0.1) is 24.4 Å². The SMILES string of the molecule is [2H]C([2H])(c1ccnc(-n2c3[c-]c(Oc4[c-]c(-n5[c-][n+](-c6c(-c7cccc(C(C)(C)C)c7)cccc6-c6cccc(C(C)(C)C)c6)c6ccccc65)ccc4)ccc3c3ccccc32)c1)C(C)C.[Pt]. The van der Waals surface area contributed by atoms with E-state index in [0.717, 1.165) is 66.5 Å². The van der Waals surface area contributed by atoms with Gasteiger partial charge in [-0.25, -0.2) is 4.98 Å². The maximum absolute atomic E-state index is 8.83. The number of aromatic nitrogens is 4. The Kier molecular flexibility index (Phi) is 11.3. The number of hydrogen-bond acceptors (Lipinski definition) is 2. The van der Waals surface area contributed by atoms with Crippen molar-refractivity contribution in [3.05, 3.63) is 199 Å². The van der Waals surface area contributed by atoms with E-state index in [4.69, 9.17) is 12.5 Å². The van der Waals surface area contributed by atoms with Crippen LogP contribution in [-0.4, -0.2) is 14.1 Å². The Morgan fingerprint density at radius 3 is 1.94 bits per heavy atom. The molecule has 0 amide bonds. The molecule has 0 atom stereocenters. The van der Waals surface area contributed by atoms with E-state index in [9.17, 15) is 0 Å². The van der Waals surface area contributed by atoms with Gasteiger partial charge in [-0.3, -0.25) is 4.57 Å². The molecule has 0 saturated heterocycles. The Bertz CT molecular complexity index is 3420. The van der Waals surface area contributed by atoms with E-state index in [-0.39, 0.29) is 37.8 Å². The minimum atomic E-state index is -1.53. The van der Waals surface area contributed by atoms with E-state index in [1.807, 2.05) is 60.9 Å². The largest absolute Gasteiger partial charge is 0.510 e. The molecule has 0 unspecified atom stereocenters. The molecule has 6 heteroatoms. The van der Waals surface area contributed by atoms with Crippen molar-refractivity contribution >= 4 is 32.8 Å². The third-order valence-electron chi connectivity index (χ3n) is 12.1. The van der Waals surface area contributed by atoms with Gasteiger partial charge in [0.05, 0.1) is 16.7 Å². The second-order valence-electron chi connectivity index (χ2n) is 19.3. The Morgan fingerprint density at radius 1 is 0.636 bits per heavy atom. The summed E-state index contributed by atoms with van der Waals surface area (Å²) in [4.78, 5) is 4.76. The van der Waals surface area contributed by atoms with Crippen molar-refractivity contribution in [3.8, 4) is 50.9 Å². The van der Waals surface area contributed by atoms with Crippen LogP contribution in [0.25, 0.3) is 72.3 Å². The second kappa shape index (κ2) is 17.7. The van der Waals surface area contributed by atoms with Crippen molar-refractivity contribution in [1.82, 2.24) is 14.1 Å². The molecule has 0 aliphatic carbocycles. The van der Waals surface area contributed by atoms with Crippen LogP contribution in [0.15, 0.2) is 164 Å². The van der Waals surface area contributed by atoms with Crippen LogP contribution in [0.5, 0.6) is 11.5 Å². The molecule has 0 aliphatic heterocycles. The molecule has 10 rings (SSSR count). The molecule has 332 valence electrons. The van der Waals surface area contributed by atoms with Crippen LogP contribution in [0.1, 0.15) is 74.8 Å². The second-order valence-corrected chi connectivity index (χ2v) is 19.3. The Labute approximate surface area is 406 Å². The first-order chi connectivity index (χ1) is 32.1. The van der Waals surface area contributed by atoms with Gasteiger partial charge in [0, 0.05) is 47.0 Å². The summed E-state index contributed by atoms with van der Waals surface area (Å²) in [7, 11) is 0. The normalized spacial score (nSPS) is 12.7. The van der Waals surface area contributed by atoms with Gasteiger partial charge in [0.1, 0.15) is 5.82 Å². The van der Waals surface area contributed by atoms with Crippen LogP contribution < -0.4 is 9.30 Å². The maximum Gasteiger partial charge on any atom is 0.268 e. The van der Waals surface area contributed by atoms with E-state index in [1.165, 1.54) is 11.1 Å². The molecule has 10 aromatic rings. The fourth-order valence-corrected chi connectivity index (χ4v) is 8.84. The van der Waals surface area contributed by atoms with Gasteiger partial charge in [-0.2, -0.15) is 18.2 Å². The van der Waals surface area contributed by atoms with Crippen molar-refractivity contribution in [2.75, 3.05) is 0 Å². The van der Waals surface area contributed by atoms with Crippen LogP contribution in [0.3, 0.4) is 0 Å². The first-order valence-corrected chi connectivity index (χ1v) is 22.5. The molecule has 0 spiro atoms. The average Bonchev–Trinajstić information content (AvgIpc) is 3.87. The van der Waals surface area contributed by atoms with Crippen LogP contribution >= 0.6 is 0 Å². The first-order valence-electron chi connectivity index (χ1n) is 23.5. The Hall–Kier alpha value is -6.55. The summed E-state index contributed by atoms with van der Waals surface area (Å²) in [5.74, 6) is 1.45. The summed E-state index contributed by atoms with van der Waals surface area (Å²) in [6.07, 6.45) is 3.97. The molecule has 0 aliphatic rings. The summed E-state index contributed by atoms with van der Waals surface area (Å²) in [5.41, 5.74) is 13.1. The van der Waals surface area contributed by atoms with Gasteiger partial charge >= 0.3 is 0 Å². The van der Waals surface area contributed by atoms with E-state index >= 15 is 0 Å². The Balaban J connectivity index is 0.00000578. The van der Waals surface area contributed by atoms with E-state index < -0.39 is 6.37 Å². The molecule has 0 radical (unpaired) electrons. The predicted octanol–water partition coefficient (Wildman–Crippen LogP) is 14.7. The summed E-state index contributed by atoms with van der Waals surface area (Å²) < 4.78 is 30.6. The number of rotatable bonds is 9. The fraction of sp³-hybridized carbons (Fsp3) is 0.200. The van der Waals surface area contributed by atoms with Crippen LogP contribution in [0.2, 0.25) is 0 Å². The summed E-state index contributed by atoms with van der Waals surface area (Å²) >= 11 is 0. The van der Waals surface area contributed by atoms with Gasteiger partial charge in [-0.05, 0) is 91.3 Å². The van der Waals surface area contributed by atoms with Gasteiger partial charge in [0.25, 0.3) is 6.33 Å². The fourth-order valence-electron chi connectivity index (χ4n) is 8.84. The molecular weight excluding hydrogens is 988 g/mol. The molecule has 3 heterocycles. The van der Waals surface area contributed by atoms with E-state index in [1.54, 1.807) is 12.3 Å². The Morgan fingerprint density at radius 2 is 1.26 bits per heavy atom. The van der Waals surface area contributed by atoms with Gasteiger partial charge in [-0.15, -0.1) is 29.7 Å². The third kappa shape index (κ3) is 8.54. The topological polar surface area (TPSA) is 35.9 Å². The van der Waals surface area contributed by atoms with E-state index in [2.05, 4.69) is 178 Å². The molecule has 0 saturated carbocycles. The maximum atomic E-state index is 8.83. The number of imidazole rings is 1. The number of para-hydroxylation sites is 4. The van der Waals surface area contributed by atoms with Crippen LogP contribution in [-0.2, 0) is 38.3 Å². The quantitative estimate of drug-likeness (QED) is 0.107. The van der Waals surface area contributed by atoms with Gasteiger partial charge in [-0.1, -0.05) is 170 Å². The monoisotopic (exact) mass is 1040 g/mol. The molecule has 0 fully saturated rings. The van der Waals surface area contributed by atoms with E-state index in [0.29, 0.717) is 22.9 Å². The smallest absolute Gasteiger partial charge is 0.268 e. The van der Waals surface area contributed by atoms with Gasteiger partial charge in [0.2, 0.25) is 0 Å². The zero-order valence-electron chi connectivity index (χ0n) is 40.7. The molecule has 66 heavy (non-hydrogen) atoms. The number of hydrogen-bond donors (Lipinski definition) is 0. The molecule has 7 aromatic carbocycles. The van der Waals surface area contributed by atoms with Crippen molar-refractivity contribution in [2.45, 2.75) is 72.6 Å². The number of fused-ring (bicyclic) bond motifs is 4. The zero-order chi connectivity index (χ0) is 46.8. The van der Waals surface area contributed by atoms with Gasteiger partial charge in [0.15, 0.2) is 0 Å². The summed E-state index contributed by atoms with van der Waals surface area (Å²) in [5, 5.41) is 2.04. The number of nitrogens with zero attached hydrogens (tertiary/aromatic N) is 4. The first kappa shape index (κ1) is 42.1. The third-order valence-corrected chi connectivity index (χ3v) is 12.1. The summed E-state index contributed by atoms with van der Waals surface area (Å²) in [6.45, 7) is 17.4. The predicted molar refractivity (Wildman–Crippen MR) is 267 cm³/mol. The molecule has 0 N–H and O–H groups in total. The minimum absolute atomic E-state index is 0. The zero-order valence-corrected chi connectivity index (χ0v) is 41.0. The van der Waals surface area contributed by atoms with Crippen molar-refractivity contribution in [1.29, 1.82) is 0 Å². The van der Waals surface area contributed by atoms with Crippen molar-refractivity contribution < 1.29 is 33.1 Å².